The lowest BCUT2D eigenvalue weighted by atomic mass is 10.0. The Bertz CT molecular complexity index is 2220. The van der Waals surface area contributed by atoms with Crippen LogP contribution in [-0.4, -0.2) is 39.4 Å². The quantitative estimate of drug-likeness (QED) is 0.140. The van der Waals surface area contributed by atoms with Crippen molar-refractivity contribution < 1.29 is 14.0 Å². The van der Waals surface area contributed by atoms with E-state index in [1.807, 2.05) is 43.1 Å². The minimum absolute atomic E-state index is 0.132. The van der Waals surface area contributed by atoms with Gasteiger partial charge in [0, 0.05) is 49.5 Å². The van der Waals surface area contributed by atoms with Gasteiger partial charge in [-0.25, -0.2) is 4.98 Å². The summed E-state index contributed by atoms with van der Waals surface area (Å²) in [6.45, 7) is 6.73. The lowest BCUT2D eigenvalue weighted by Crippen LogP contribution is -2.28. The van der Waals surface area contributed by atoms with E-state index in [4.69, 9.17) is 4.42 Å². The molecule has 2 heterocycles. The van der Waals surface area contributed by atoms with E-state index in [0.717, 1.165) is 48.8 Å². The molecule has 0 atom stereocenters. The molecule has 0 bridgehead atoms. The van der Waals surface area contributed by atoms with Gasteiger partial charge in [-0.05, 0) is 110 Å². The molecule has 252 valence electrons. The molecule has 50 heavy (non-hydrogen) atoms. The number of fused-ring (bicyclic) bond motifs is 1. The van der Waals surface area contributed by atoms with Gasteiger partial charge in [0.05, 0.1) is 23.0 Å². The number of nitrogens with zero attached hydrogens (tertiary/aromatic N) is 3. The van der Waals surface area contributed by atoms with Crippen molar-refractivity contribution in [1.82, 2.24) is 14.5 Å². The number of aromatic nitrogens is 2. The zero-order chi connectivity index (χ0) is 34.6. The molecule has 9 nitrogen and oxygen atoms in total. The highest BCUT2D eigenvalue weighted by atomic mass is 16.3. The molecule has 2 N–H and O–H groups in total. The number of benzene rings is 4. The molecule has 1 saturated carbocycles. The Morgan fingerprint density at radius 2 is 1.68 bits per heavy atom. The monoisotopic (exact) mass is 665 g/mol. The molecule has 1 aliphatic carbocycles. The molecular weight excluding hydrogens is 626 g/mol. The zero-order valence-corrected chi connectivity index (χ0v) is 28.2. The van der Waals surface area contributed by atoms with Crippen LogP contribution < -0.4 is 16.1 Å². The van der Waals surface area contributed by atoms with Crippen molar-refractivity contribution in [3.63, 3.8) is 0 Å². The number of hydrogen-bond acceptors (Lipinski definition) is 6. The molecule has 0 spiro atoms. The third-order valence-corrected chi connectivity index (χ3v) is 9.25. The Balaban J connectivity index is 1.01. The predicted molar refractivity (Wildman–Crippen MR) is 196 cm³/mol. The summed E-state index contributed by atoms with van der Waals surface area (Å²) in [4.78, 5) is 46.1. The first-order chi connectivity index (χ1) is 24.3. The first kappa shape index (κ1) is 32.7. The zero-order valence-electron chi connectivity index (χ0n) is 28.2. The summed E-state index contributed by atoms with van der Waals surface area (Å²) < 4.78 is 7.75. The van der Waals surface area contributed by atoms with Gasteiger partial charge in [0.25, 0.3) is 11.8 Å². The molecule has 1 fully saturated rings. The van der Waals surface area contributed by atoms with Crippen molar-refractivity contribution in [2.24, 2.45) is 5.92 Å². The van der Waals surface area contributed by atoms with Crippen LogP contribution >= 0.6 is 0 Å². The van der Waals surface area contributed by atoms with E-state index in [0.29, 0.717) is 27.9 Å². The maximum atomic E-state index is 13.6. The standard InChI is InChI=1S/C41H39N5O4/c1-27-20-35(36(21-28(27)2)44-41(49)39-23-37(47)34-8-3-4-9-38(34)50-39)40(48)43-32-14-12-29(13-15-32)16-18-45(24-30-10-11-30)25-31-6-5-7-33(22-31)46-19-17-42-26-46/h3-9,12-15,17,19-23,26,30H,10-11,16,18,24-25H2,1-2H3,(H,43,48)(H,44,49). The predicted octanol–water partition coefficient (Wildman–Crippen LogP) is 7.55. The van der Waals surface area contributed by atoms with Crippen molar-refractivity contribution >= 4 is 34.2 Å². The number of nitrogens with one attached hydrogen (secondary N) is 2. The Kier molecular flexibility index (Phi) is 9.40. The van der Waals surface area contributed by atoms with Crippen LogP contribution in [0.2, 0.25) is 0 Å². The minimum atomic E-state index is -0.615. The molecule has 7 rings (SSSR count). The Morgan fingerprint density at radius 3 is 2.46 bits per heavy atom. The lowest BCUT2D eigenvalue weighted by molar-refractivity contribution is 0.0997. The average Bonchev–Trinajstić information content (AvgIpc) is 3.76. The molecule has 4 aromatic carbocycles. The third kappa shape index (κ3) is 7.74. The number of rotatable bonds is 12. The molecular formula is C41H39N5O4. The SMILES string of the molecule is Cc1cc(NC(=O)c2cc(=O)c3ccccc3o2)c(C(=O)Nc2ccc(CCN(Cc3cccc(-n4ccnc4)c3)CC3CC3)cc2)cc1C. The minimum Gasteiger partial charge on any atom is -0.451 e. The van der Waals surface area contributed by atoms with E-state index in [1.165, 1.54) is 30.0 Å². The fourth-order valence-corrected chi connectivity index (χ4v) is 6.13. The number of amides is 2. The highest BCUT2D eigenvalue weighted by molar-refractivity contribution is 6.12. The number of para-hydroxylation sites is 1. The average molecular weight is 666 g/mol. The Labute approximate surface area is 290 Å². The smallest absolute Gasteiger partial charge is 0.291 e. The Hall–Kier alpha value is -5.80. The maximum Gasteiger partial charge on any atom is 0.291 e. The second kappa shape index (κ2) is 14.4. The van der Waals surface area contributed by atoms with Crippen LogP contribution in [0.25, 0.3) is 16.7 Å². The molecule has 6 aromatic rings. The number of imidazole rings is 1. The van der Waals surface area contributed by atoms with E-state index in [9.17, 15) is 14.4 Å². The molecule has 0 aliphatic heterocycles. The van der Waals surface area contributed by atoms with E-state index < -0.39 is 5.91 Å². The fourth-order valence-electron chi connectivity index (χ4n) is 6.13. The fraction of sp³-hybridized carbons (Fsp3) is 0.220. The Morgan fingerprint density at radius 1 is 0.880 bits per heavy atom. The molecule has 0 radical (unpaired) electrons. The number of carbonyl (C=O) groups excluding carboxylic acids is 2. The van der Waals surface area contributed by atoms with Crippen molar-refractivity contribution in [3.8, 4) is 5.69 Å². The number of carbonyl (C=O) groups is 2. The summed E-state index contributed by atoms with van der Waals surface area (Å²) in [6.07, 6.45) is 9.06. The van der Waals surface area contributed by atoms with Crippen LogP contribution in [0.4, 0.5) is 11.4 Å². The van der Waals surface area contributed by atoms with Crippen LogP contribution in [0, 0.1) is 19.8 Å². The van der Waals surface area contributed by atoms with Crippen LogP contribution in [0.1, 0.15) is 56.0 Å². The molecule has 2 aromatic heterocycles. The molecule has 2 amide bonds. The van der Waals surface area contributed by atoms with Gasteiger partial charge in [0.1, 0.15) is 5.58 Å². The molecule has 9 heteroatoms. The normalized spacial score (nSPS) is 12.7. The first-order valence-electron chi connectivity index (χ1n) is 16.9. The molecule has 0 unspecified atom stereocenters. The van der Waals surface area contributed by atoms with Crippen molar-refractivity contribution in [1.29, 1.82) is 0 Å². The topological polar surface area (TPSA) is 109 Å². The largest absolute Gasteiger partial charge is 0.451 e. The molecule has 1 aliphatic rings. The van der Waals surface area contributed by atoms with Gasteiger partial charge in [-0.3, -0.25) is 19.3 Å². The second-order valence-corrected chi connectivity index (χ2v) is 13.1. The van der Waals surface area contributed by atoms with Crippen molar-refractivity contribution in [3.05, 3.63) is 154 Å². The van der Waals surface area contributed by atoms with Crippen molar-refractivity contribution in [2.45, 2.75) is 39.7 Å². The van der Waals surface area contributed by atoms with E-state index in [2.05, 4.69) is 56.9 Å². The summed E-state index contributed by atoms with van der Waals surface area (Å²) >= 11 is 0. The van der Waals surface area contributed by atoms with Gasteiger partial charge in [-0.1, -0.05) is 36.4 Å². The van der Waals surface area contributed by atoms with Gasteiger partial charge in [0.15, 0.2) is 11.2 Å². The van der Waals surface area contributed by atoms with E-state index in [1.54, 1.807) is 42.6 Å². The van der Waals surface area contributed by atoms with Gasteiger partial charge in [-0.15, -0.1) is 0 Å². The van der Waals surface area contributed by atoms with Gasteiger partial charge in [-0.2, -0.15) is 0 Å². The van der Waals surface area contributed by atoms with Gasteiger partial charge >= 0.3 is 0 Å². The number of aryl methyl sites for hydroxylation is 2. The van der Waals surface area contributed by atoms with Crippen molar-refractivity contribution in [2.75, 3.05) is 23.7 Å². The summed E-state index contributed by atoms with van der Waals surface area (Å²) in [6, 6.07) is 28.0. The number of anilines is 2. The summed E-state index contributed by atoms with van der Waals surface area (Å²) in [5.41, 5.74) is 6.68. The summed E-state index contributed by atoms with van der Waals surface area (Å²) in [5, 5.41) is 6.17. The second-order valence-electron chi connectivity index (χ2n) is 13.1. The molecule has 0 saturated heterocycles. The number of hydrogen-bond donors (Lipinski definition) is 2. The highest BCUT2D eigenvalue weighted by Gasteiger charge is 2.24. The van der Waals surface area contributed by atoms with Crippen LogP contribution in [0.3, 0.4) is 0 Å². The highest BCUT2D eigenvalue weighted by Crippen LogP contribution is 2.30. The third-order valence-electron chi connectivity index (χ3n) is 9.25. The van der Waals surface area contributed by atoms with Crippen LogP contribution in [-0.2, 0) is 13.0 Å². The lowest BCUT2D eigenvalue weighted by Gasteiger charge is -2.23. The van der Waals surface area contributed by atoms with Crippen LogP contribution in [0.15, 0.2) is 119 Å². The maximum absolute atomic E-state index is 13.6. The van der Waals surface area contributed by atoms with E-state index >= 15 is 0 Å². The van der Waals surface area contributed by atoms with E-state index in [-0.39, 0.29) is 17.1 Å². The summed E-state index contributed by atoms with van der Waals surface area (Å²) in [5.74, 6) is -0.330. The van der Waals surface area contributed by atoms with Gasteiger partial charge in [0.2, 0.25) is 0 Å². The first-order valence-corrected chi connectivity index (χ1v) is 16.9. The van der Waals surface area contributed by atoms with Gasteiger partial charge < -0.3 is 19.6 Å². The summed E-state index contributed by atoms with van der Waals surface area (Å²) in [7, 11) is 0. The van der Waals surface area contributed by atoms with Crippen LogP contribution in [0.5, 0.6) is 0 Å².